The van der Waals surface area contributed by atoms with Crippen molar-refractivity contribution in [3.8, 4) is 0 Å². The minimum atomic E-state index is -0.180. The molecule has 1 unspecified atom stereocenters. The third-order valence-corrected chi connectivity index (χ3v) is 5.10. The molecule has 2 aromatic rings. The first-order valence-electron chi connectivity index (χ1n) is 9.10. The number of amides is 2. The highest BCUT2D eigenvalue weighted by molar-refractivity contribution is 5.94. The van der Waals surface area contributed by atoms with E-state index in [2.05, 4.69) is 25.8 Å². The smallest absolute Gasteiger partial charge is 0.272 e. The third kappa shape index (κ3) is 3.50. The molecule has 0 bridgehead atoms. The lowest BCUT2D eigenvalue weighted by molar-refractivity contribution is 0.0266. The Morgan fingerprint density at radius 2 is 2.12 bits per heavy atom. The van der Waals surface area contributed by atoms with Crippen LogP contribution in [0.5, 0.6) is 0 Å². The van der Waals surface area contributed by atoms with E-state index in [0.29, 0.717) is 30.8 Å². The second-order valence-corrected chi connectivity index (χ2v) is 6.93. The van der Waals surface area contributed by atoms with E-state index in [9.17, 15) is 9.59 Å². The van der Waals surface area contributed by atoms with Gasteiger partial charge in [-0.25, -0.2) is 0 Å². The summed E-state index contributed by atoms with van der Waals surface area (Å²) in [5.41, 5.74) is 2.78. The van der Waals surface area contributed by atoms with Gasteiger partial charge in [0, 0.05) is 37.0 Å². The molecule has 1 aliphatic heterocycles. The van der Waals surface area contributed by atoms with Crippen molar-refractivity contribution in [1.29, 1.82) is 0 Å². The van der Waals surface area contributed by atoms with Crippen LogP contribution in [-0.4, -0.2) is 45.7 Å². The second-order valence-electron chi connectivity index (χ2n) is 6.93. The van der Waals surface area contributed by atoms with Crippen LogP contribution in [0.25, 0.3) is 0 Å². The number of aromatic amines is 2. The van der Waals surface area contributed by atoms with Crippen molar-refractivity contribution < 1.29 is 14.3 Å². The van der Waals surface area contributed by atoms with Gasteiger partial charge in [0.05, 0.1) is 24.0 Å². The van der Waals surface area contributed by atoms with E-state index < -0.39 is 0 Å². The Balaban J connectivity index is 1.37. The van der Waals surface area contributed by atoms with Gasteiger partial charge in [0.15, 0.2) is 5.69 Å². The van der Waals surface area contributed by atoms with Gasteiger partial charge in [-0.1, -0.05) is 12.8 Å². The van der Waals surface area contributed by atoms with Gasteiger partial charge in [-0.15, -0.1) is 0 Å². The first-order chi connectivity index (χ1) is 12.7. The summed E-state index contributed by atoms with van der Waals surface area (Å²) in [7, 11) is 0. The fraction of sp³-hybridized carbons (Fsp3) is 0.500. The van der Waals surface area contributed by atoms with Crippen LogP contribution in [0.2, 0.25) is 0 Å². The van der Waals surface area contributed by atoms with Crippen LogP contribution in [0.15, 0.2) is 18.5 Å². The molecule has 1 aliphatic carbocycles. The first-order valence-corrected chi connectivity index (χ1v) is 9.10. The number of rotatable bonds is 5. The van der Waals surface area contributed by atoms with Crippen molar-refractivity contribution in [3.05, 3.63) is 41.0 Å². The molecule has 26 heavy (non-hydrogen) atoms. The van der Waals surface area contributed by atoms with Gasteiger partial charge in [-0.05, 0) is 18.9 Å². The molecule has 1 atom stereocenters. The number of H-pyrrole nitrogens is 2. The van der Waals surface area contributed by atoms with E-state index in [-0.39, 0.29) is 24.0 Å². The lowest BCUT2D eigenvalue weighted by Gasteiger charge is -2.23. The number of nitrogens with one attached hydrogen (secondary N) is 4. The van der Waals surface area contributed by atoms with Gasteiger partial charge >= 0.3 is 0 Å². The molecule has 0 radical (unpaired) electrons. The molecule has 2 aliphatic rings. The zero-order valence-corrected chi connectivity index (χ0v) is 14.5. The number of nitrogens with zero attached hydrogens (tertiary/aromatic N) is 1. The summed E-state index contributed by atoms with van der Waals surface area (Å²) in [6.07, 6.45) is 8.13. The van der Waals surface area contributed by atoms with Crippen LogP contribution in [-0.2, 0) is 17.8 Å². The number of hydrogen-bond donors (Lipinski definition) is 4. The average molecular weight is 357 g/mol. The Labute approximate surface area is 151 Å². The molecule has 1 fully saturated rings. The summed E-state index contributed by atoms with van der Waals surface area (Å²) >= 11 is 0. The monoisotopic (exact) mass is 357 g/mol. The minimum absolute atomic E-state index is 0.119. The molecule has 4 rings (SSSR count). The molecular formula is C18H23N5O3. The summed E-state index contributed by atoms with van der Waals surface area (Å²) in [5, 5.41) is 13.1. The quantitative estimate of drug-likeness (QED) is 0.646. The van der Waals surface area contributed by atoms with Crippen LogP contribution in [0.3, 0.4) is 0 Å². The molecule has 0 aromatic carbocycles. The average Bonchev–Trinajstić information content (AvgIpc) is 3.39. The molecule has 4 N–H and O–H groups in total. The Kier molecular flexibility index (Phi) is 4.75. The zero-order valence-electron chi connectivity index (χ0n) is 14.5. The molecular weight excluding hydrogens is 334 g/mol. The van der Waals surface area contributed by atoms with Crippen molar-refractivity contribution >= 4 is 11.8 Å². The first kappa shape index (κ1) is 16.8. The van der Waals surface area contributed by atoms with E-state index in [1.165, 1.54) is 12.8 Å². The number of hydrogen-bond acceptors (Lipinski definition) is 4. The minimum Gasteiger partial charge on any atom is -0.370 e. The number of carbonyl (C=O) groups is 2. The van der Waals surface area contributed by atoms with Crippen LogP contribution < -0.4 is 10.6 Å². The van der Waals surface area contributed by atoms with Gasteiger partial charge < -0.3 is 20.4 Å². The number of aromatic nitrogens is 3. The normalized spacial score (nSPS) is 19.9. The Morgan fingerprint density at radius 3 is 2.88 bits per heavy atom. The predicted molar refractivity (Wildman–Crippen MR) is 93.7 cm³/mol. The molecule has 2 amide bonds. The van der Waals surface area contributed by atoms with Crippen LogP contribution >= 0.6 is 0 Å². The maximum atomic E-state index is 12.6. The van der Waals surface area contributed by atoms with Gasteiger partial charge in [0.1, 0.15) is 0 Å². The standard InChI is InChI=1S/C18H23N5O3/c24-17(11-5-6-19-8-11)20-9-13-7-14-15(10-26-13)22-23-16(14)18(25)21-12-3-1-2-4-12/h5-6,8,12-13,19H,1-4,7,9-10H2,(H,20,24)(H,21,25)(H,22,23). The molecule has 3 heterocycles. The molecule has 8 heteroatoms. The highest BCUT2D eigenvalue weighted by Gasteiger charge is 2.29. The molecule has 2 aromatic heterocycles. The molecule has 0 spiro atoms. The van der Waals surface area contributed by atoms with E-state index in [1.54, 1.807) is 18.5 Å². The molecule has 0 saturated heterocycles. The van der Waals surface area contributed by atoms with Gasteiger partial charge in [0.25, 0.3) is 11.8 Å². The van der Waals surface area contributed by atoms with E-state index in [0.717, 1.165) is 24.1 Å². The predicted octanol–water partition coefficient (Wildman–Crippen LogP) is 1.28. The van der Waals surface area contributed by atoms with Gasteiger partial charge in [-0.2, -0.15) is 5.10 Å². The maximum Gasteiger partial charge on any atom is 0.272 e. The van der Waals surface area contributed by atoms with Crippen molar-refractivity contribution in [2.75, 3.05) is 6.54 Å². The Bertz CT molecular complexity index is 777. The van der Waals surface area contributed by atoms with Crippen molar-refractivity contribution in [1.82, 2.24) is 25.8 Å². The number of fused-ring (bicyclic) bond motifs is 1. The lowest BCUT2D eigenvalue weighted by atomic mass is 10.0. The maximum absolute atomic E-state index is 12.6. The van der Waals surface area contributed by atoms with E-state index >= 15 is 0 Å². The summed E-state index contributed by atoms with van der Waals surface area (Å²) < 4.78 is 5.77. The lowest BCUT2D eigenvalue weighted by Crippen LogP contribution is -2.38. The SMILES string of the molecule is O=C(NCC1Cc2c(C(=O)NC3CCCC3)n[nH]c2CO1)c1cc[nH]c1. The van der Waals surface area contributed by atoms with Gasteiger partial charge in [-0.3, -0.25) is 14.7 Å². The van der Waals surface area contributed by atoms with Crippen LogP contribution in [0.4, 0.5) is 0 Å². The largest absolute Gasteiger partial charge is 0.370 e. The Morgan fingerprint density at radius 1 is 1.27 bits per heavy atom. The topological polar surface area (TPSA) is 112 Å². The summed E-state index contributed by atoms with van der Waals surface area (Å²) in [6, 6.07) is 1.97. The fourth-order valence-electron chi connectivity index (χ4n) is 3.64. The van der Waals surface area contributed by atoms with Crippen LogP contribution in [0.1, 0.15) is 57.8 Å². The zero-order chi connectivity index (χ0) is 17.9. The van der Waals surface area contributed by atoms with Crippen molar-refractivity contribution in [3.63, 3.8) is 0 Å². The Hall–Kier alpha value is -2.61. The number of ether oxygens (including phenoxy) is 1. The fourth-order valence-corrected chi connectivity index (χ4v) is 3.64. The number of carbonyl (C=O) groups excluding carboxylic acids is 2. The van der Waals surface area contributed by atoms with E-state index in [4.69, 9.17) is 4.74 Å². The highest BCUT2D eigenvalue weighted by Crippen LogP contribution is 2.23. The molecule has 8 nitrogen and oxygen atoms in total. The van der Waals surface area contributed by atoms with Gasteiger partial charge in [0.2, 0.25) is 0 Å². The highest BCUT2D eigenvalue weighted by atomic mass is 16.5. The molecule has 1 saturated carbocycles. The van der Waals surface area contributed by atoms with Crippen molar-refractivity contribution in [2.24, 2.45) is 0 Å². The van der Waals surface area contributed by atoms with Crippen molar-refractivity contribution in [2.45, 2.75) is 50.9 Å². The third-order valence-electron chi connectivity index (χ3n) is 5.10. The second kappa shape index (κ2) is 7.33. The summed E-state index contributed by atoms with van der Waals surface area (Å²) in [4.78, 5) is 27.5. The summed E-state index contributed by atoms with van der Waals surface area (Å²) in [5.74, 6) is -0.265. The van der Waals surface area contributed by atoms with Crippen LogP contribution in [0, 0.1) is 0 Å². The summed E-state index contributed by atoms with van der Waals surface area (Å²) in [6.45, 7) is 0.752. The van der Waals surface area contributed by atoms with E-state index in [1.807, 2.05) is 0 Å². The molecule has 138 valence electrons.